The molecule has 0 spiro atoms. The van der Waals surface area contributed by atoms with Crippen molar-refractivity contribution in [3.05, 3.63) is 11.3 Å². The summed E-state index contributed by atoms with van der Waals surface area (Å²) in [5.41, 5.74) is 1.55. The van der Waals surface area contributed by atoms with Crippen LogP contribution in [-0.2, 0) is 7.05 Å². The molecule has 0 N–H and O–H groups in total. The van der Waals surface area contributed by atoms with Crippen LogP contribution in [0.15, 0.2) is 0 Å². The van der Waals surface area contributed by atoms with Crippen molar-refractivity contribution >= 4 is 17.6 Å². The number of anilines is 1. The van der Waals surface area contributed by atoms with Gasteiger partial charge in [0.05, 0.1) is 5.69 Å². The average Bonchev–Trinajstić information content (AvgIpc) is 2.52. The average molecular weight is 236 g/mol. The number of nitriles is 1. The van der Waals surface area contributed by atoms with Gasteiger partial charge in [0, 0.05) is 31.1 Å². The van der Waals surface area contributed by atoms with Crippen LogP contribution in [0.5, 0.6) is 0 Å². The molecular formula is C11H16N4S. The zero-order valence-electron chi connectivity index (χ0n) is 9.90. The summed E-state index contributed by atoms with van der Waals surface area (Å²) in [6, 6.07) is 2.27. The second kappa shape index (κ2) is 4.38. The summed E-state index contributed by atoms with van der Waals surface area (Å²) >= 11 is 1.99. The molecule has 2 heterocycles. The summed E-state index contributed by atoms with van der Waals surface area (Å²) in [7, 11) is 1.91. The van der Waals surface area contributed by atoms with E-state index in [-0.39, 0.29) is 0 Å². The first-order valence-electron chi connectivity index (χ1n) is 5.43. The Kier molecular flexibility index (Phi) is 3.10. The minimum atomic E-state index is 0.621. The third-order valence-electron chi connectivity index (χ3n) is 2.84. The molecule has 0 radical (unpaired) electrons. The van der Waals surface area contributed by atoms with Gasteiger partial charge < -0.3 is 4.90 Å². The Morgan fingerprint density at radius 1 is 1.56 bits per heavy atom. The van der Waals surface area contributed by atoms with E-state index in [0.717, 1.165) is 35.9 Å². The number of hydrogen-bond acceptors (Lipinski definition) is 4. The molecule has 1 unspecified atom stereocenters. The van der Waals surface area contributed by atoms with Gasteiger partial charge in [-0.05, 0) is 6.92 Å². The molecule has 4 nitrogen and oxygen atoms in total. The normalized spacial score (nSPS) is 20.9. The fraction of sp³-hybridized carbons (Fsp3) is 0.636. The quantitative estimate of drug-likeness (QED) is 0.742. The molecule has 0 aromatic carbocycles. The highest BCUT2D eigenvalue weighted by molar-refractivity contribution is 8.00. The fourth-order valence-electron chi connectivity index (χ4n) is 2.15. The van der Waals surface area contributed by atoms with E-state index in [1.54, 1.807) is 0 Å². The molecule has 1 saturated heterocycles. The van der Waals surface area contributed by atoms with Crippen LogP contribution in [0, 0.1) is 18.3 Å². The zero-order valence-corrected chi connectivity index (χ0v) is 10.7. The topological polar surface area (TPSA) is 44.9 Å². The summed E-state index contributed by atoms with van der Waals surface area (Å²) in [6.45, 7) is 6.12. The summed E-state index contributed by atoms with van der Waals surface area (Å²) < 4.78 is 1.83. The van der Waals surface area contributed by atoms with Crippen LogP contribution in [-0.4, -0.2) is 33.9 Å². The van der Waals surface area contributed by atoms with E-state index in [1.807, 2.05) is 30.4 Å². The standard InChI is InChI=1S/C11H16N4S/c1-8-7-15(4-5-16-8)11-10(6-12)9(2)13-14(11)3/h8H,4-5,7H2,1-3H3. The highest BCUT2D eigenvalue weighted by Gasteiger charge is 2.23. The van der Waals surface area contributed by atoms with Crippen LogP contribution in [0.25, 0.3) is 0 Å². The van der Waals surface area contributed by atoms with Crippen molar-refractivity contribution in [2.24, 2.45) is 7.05 Å². The van der Waals surface area contributed by atoms with Crippen molar-refractivity contribution in [1.29, 1.82) is 5.26 Å². The Morgan fingerprint density at radius 2 is 2.31 bits per heavy atom. The molecular weight excluding hydrogens is 220 g/mol. The van der Waals surface area contributed by atoms with Gasteiger partial charge in [0.25, 0.3) is 0 Å². The molecule has 1 aliphatic heterocycles. The van der Waals surface area contributed by atoms with Gasteiger partial charge in [-0.1, -0.05) is 6.92 Å². The number of nitrogens with zero attached hydrogens (tertiary/aromatic N) is 4. The number of aryl methyl sites for hydroxylation is 2. The lowest BCUT2D eigenvalue weighted by molar-refractivity contribution is 0.694. The molecule has 1 fully saturated rings. The number of hydrogen-bond donors (Lipinski definition) is 0. The highest BCUT2D eigenvalue weighted by Crippen LogP contribution is 2.27. The molecule has 0 aliphatic carbocycles. The van der Waals surface area contributed by atoms with E-state index in [9.17, 15) is 5.26 Å². The summed E-state index contributed by atoms with van der Waals surface area (Å²) in [4.78, 5) is 2.28. The Labute approximate surface area is 100 Å². The van der Waals surface area contributed by atoms with Crippen LogP contribution in [0.3, 0.4) is 0 Å². The molecule has 86 valence electrons. The van der Waals surface area contributed by atoms with Gasteiger partial charge >= 0.3 is 0 Å². The molecule has 0 saturated carbocycles. The van der Waals surface area contributed by atoms with Crippen molar-refractivity contribution in [3.63, 3.8) is 0 Å². The van der Waals surface area contributed by atoms with Gasteiger partial charge in [0.2, 0.25) is 0 Å². The smallest absolute Gasteiger partial charge is 0.145 e. The minimum Gasteiger partial charge on any atom is -0.354 e. The molecule has 1 atom stereocenters. The second-order valence-corrected chi connectivity index (χ2v) is 5.69. The van der Waals surface area contributed by atoms with Crippen LogP contribution in [0.1, 0.15) is 18.2 Å². The van der Waals surface area contributed by atoms with Gasteiger partial charge in [-0.2, -0.15) is 22.1 Å². The van der Waals surface area contributed by atoms with Crippen molar-refractivity contribution in [1.82, 2.24) is 9.78 Å². The zero-order chi connectivity index (χ0) is 11.7. The number of aromatic nitrogens is 2. The Balaban J connectivity index is 2.36. The maximum Gasteiger partial charge on any atom is 0.145 e. The van der Waals surface area contributed by atoms with Crippen LogP contribution in [0.2, 0.25) is 0 Å². The lowest BCUT2D eigenvalue weighted by Crippen LogP contribution is -2.38. The largest absolute Gasteiger partial charge is 0.354 e. The van der Waals surface area contributed by atoms with Crippen molar-refractivity contribution in [2.45, 2.75) is 19.1 Å². The van der Waals surface area contributed by atoms with E-state index in [1.165, 1.54) is 0 Å². The lowest BCUT2D eigenvalue weighted by Gasteiger charge is -2.32. The van der Waals surface area contributed by atoms with E-state index >= 15 is 0 Å². The summed E-state index contributed by atoms with van der Waals surface area (Å²) in [5.74, 6) is 2.10. The lowest BCUT2D eigenvalue weighted by atomic mass is 10.2. The van der Waals surface area contributed by atoms with E-state index < -0.39 is 0 Å². The van der Waals surface area contributed by atoms with Gasteiger partial charge in [-0.3, -0.25) is 4.68 Å². The SMILES string of the molecule is Cc1nn(C)c(N2CCSC(C)C2)c1C#N. The minimum absolute atomic E-state index is 0.621. The number of thioether (sulfide) groups is 1. The van der Waals surface area contributed by atoms with Crippen molar-refractivity contribution in [3.8, 4) is 6.07 Å². The molecule has 2 rings (SSSR count). The monoisotopic (exact) mass is 236 g/mol. The maximum atomic E-state index is 9.17. The van der Waals surface area contributed by atoms with Crippen molar-refractivity contribution in [2.75, 3.05) is 23.7 Å². The van der Waals surface area contributed by atoms with Gasteiger partial charge in [-0.15, -0.1) is 0 Å². The van der Waals surface area contributed by atoms with Crippen LogP contribution < -0.4 is 4.90 Å². The predicted molar refractivity (Wildman–Crippen MR) is 66.8 cm³/mol. The molecule has 5 heteroatoms. The first kappa shape index (κ1) is 11.3. The Bertz CT molecular complexity index is 432. The number of rotatable bonds is 1. The highest BCUT2D eigenvalue weighted by atomic mass is 32.2. The first-order chi connectivity index (χ1) is 7.63. The van der Waals surface area contributed by atoms with Crippen molar-refractivity contribution < 1.29 is 0 Å². The maximum absolute atomic E-state index is 9.17. The molecule has 0 bridgehead atoms. The second-order valence-electron chi connectivity index (χ2n) is 4.15. The molecule has 1 aromatic heterocycles. The Morgan fingerprint density at radius 3 is 2.94 bits per heavy atom. The Hall–Kier alpha value is -1.15. The first-order valence-corrected chi connectivity index (χ1v) is 6.48. The third-order valence-corrected chi connectivity index (χ3v) is 3.98. The summed E-state index contributed by atoms with van der Waals surface area (Å²) in [6.07, 6.45) is 0. The third kappa shape index (κ3) is 1.90. The van der Waals surface area contributed by atoms with Gasteiger partial charge in [-0.25, -0.2) is 0 Å². The van der Waals surface area contributed by atoms with E-state index in [4.69, 9.17) is 0 Å². The fourth-order valence-corrected chi connectivity index (χ4v) is 3.16. The predicted octanol–water partition coefficient (Wildman–Crippen LogP) is 1.54. The molecule has 16 heavy (non-hydrogen) atoms. The van der Waals surface area contributed by atoms with Crippen LogP contribution in [0.4, 0.5) is 5.82 Å². The molecule has 1 aliphatic rings. The van der Waals surface area contributed by atoms with Gasteiger partial charge in [0.1, 0.15) is 17.5 Å². The molecule has 0 amide bonds. The van der Waals surface area contributed by atoms with Gasteiger partial charge in [0.15, 0.2) is 0 Å². The summed E-state index contributed by atoms with van der Waals surface area (Å²) in [5, 5.41) is 14.1. The van der Waals surface area contributed by atoms with E-state index in [0.29, 0.717) is 5.25 Å². The van der Waals surface area contributed by atoms with Crippen LogP contribution >= 0.6 is 11.8 Å². The van der Waals surface area contributed by atoms with E-state index in [2.05, 4.69) is 23.0 Å². The molecule has 1 aromatic rings.